The fourth-order valence-corrected chi connectivity index (χ4v) is 3.81. The maximum Gasteiger partial charge on any atom is 0.254 e. The number of hydrogen-bond donors (Lipinski definition) is 1. The molecule has 3 nitrogen and oxygen atoms in total. The third-order valence-electron chi connectivity index (χ3n) is 5.66. The summed E-state index contributed by atoms with van der Waals surface area (Å²) in [6, 6.07) is 19.0. The second-order valence-corrected chi connectivity index (χ2v) is 7.74. The van der Waals surface area contributed by atoms with Crippen LogP contribution in [-0.4, -0.2) is 36.5 Å². The quantitative estimate of drug-likeness (QED) is 0.859. The van der Waals surface area contributed by atoms with Crippen molar-refractivity contribution in [1.82, 2.24) is 10.2 Å². The standard InChI is InChI=1S/C23H28N2O/c26-23(25-14-12-21(13-15-25)24-17-19-10-11-19)22-9-5-4-8-20(22)16-18-6-2-1-3-7-18/h1-9,19,21,24H,10-17H2. The lowest BCUT2D eigenvalue weighted by Crippen LogP contribution is -2.45. The predicted molar refractivity (Wildman–Crippen MR) is 105 cm³/mol. The molecular weight excluding hydrogens is 320 g/mol. The normalized spacial score (nSPS) is 18.1. The Bertz CT molecular complexity index is 731. The zero-order chi connectivity index (χ0) is 17.8. The summed E-state index contributed by atoms with van der Waals surface area (Å²) >= 11 is 0. The zero-order valence-corrected chi connectivity index (χ0v) is 15.4. The van der Waals surface area contributed by atoms with E-state index in [1.807, 2.05) is 29.2 Å². The van der Waals surface area contributed by atoms with Crippen molar-refractivity contribution in [3.63, 3.8) is 0 Å². The van der Waals surface area contributed by atoms with Gasteiger partial charge in [0.15, 0.2) is 0 Å². The lowest BCUT2D eigenvalue weighted by molar-refractivity contribution is 0.0704. The molecule has 2 fully saturated rings. The van der Waals surface area contributed by atoms with E-state index in [2.05, 4.69) is 35.6 Å². The molecule has 1 aliphatic carbocycles. The Morgan fingerprint density at radius 1 is 0.923 bits per heavy atom. The first-order valence-corrected chi connectivity index (χ1v) is 9.94. The topological polar surface area (TPSA) is 32.3 Å². The summed E-state index contributed by atoms with van der Waals surface area (Å²) in [6.07, 6.45) is 5.73. The van der Waals surface area contributed by atoms with Gasteiger partial charge < -0.3 is 10.2 Å². The number of piperidine rings is 1. The van der Waals surface area contributed by atoms with E-state index in [4.69, 9.17) is 0 Å². The molecule has 1 aliphatic heterocycles. The molecule has 0 bridgehead atoms. The van der Waals surface area contributed by atoms with Gasteiger partial charge in [-0.1, -0.05) is 48.5 Å². The second-order valence-electron chi connectivity index (χ2n) is 7.74. The van der Waals surface area contributed by atoms with E-state index < -0.39 is 0 Å². The van der Waals surface area contributed by atoms with Crippen LogP contribution in [0.5, 0.6) is 0 Å². The Morgan fingerprint density at radius 2 is 1.62 bits per heavy atom. The molecule has 4 rings (SSSR count). The van der Waals surface area contributed by atoms with E-state index in [0.717, 1.165) is 49.4 Å². The van der Waals surface area contributed by atoms with Crippen molar-refractivity contribution in [3.05, 3.63) is 71.3 Å². The molecule has 1 heterocycles. The van der Waals surface area contributed by atoms with Gasteiger partial charge in [-0.05, 0) is 61.8 Å². The summed E-state index contributed by atoms with van der Waals surface area (Å²) in [4.78, 5) is 15.1. The van der Waals surface area contributed by atoms with Crippen molar-refractivity contribution < 1.29 is 4.79 Å². The average Bonchev–Trinajstić information content (AvgIpc) is 3.52. The third-order valence-corrected chi connectivity index (χ3v) is 5.66. The highest BCUT2D eigenvalue weighted by molar-refractivity contribution is 5.95. The summed E-state index contributed by atoms with van der Waals surface area (Å²) < 4.78 is 0. The van der Waals surface area contributed by atoms with Crippen LogP contribution in [0.2, 0.25) is 0 Å². The highest BCUT2D eigenvalue weighted by Gasteiger charge is 2.27. The molecule has 2 aromatic rings. The largest absolute Gasteiger partial charge is 0.339 e. The first kappa shape index (κ1) is 17.3. The SMILES string of the molecule is O=C(c1ccccc1Cc1ccccc1)N1CCC(NCC2CC2)CC1. The minimum atomic E-state index is 0.192. The smallest absolute Gasteiger partial charge is 0.254 e. The molecule has 26 heavy (non-hydrogen) atoms. The molecule has 0 unspecified atom stereocenters. The molecule has 1 N–H and O–H groups in total. The van der Waals surface area contributed by atoms with E-state index in [1.54, 1.807) is 0 Å². The van der Waals surface area contributed by atoms with E-state index >= 15 is 0 Å². The minimum Gasteiger partial charge on any atom is -0.339 e. The molecule has 1 amide bonds. The fraction of sp³-hybridized carbons (Fsp3) is 0.435. The van der Waals surface area contributed by atoms with Crippen molar-refractivity contribution in [1.29, 1.82) is 0 Å². The number of rotatable bonds is 6. The molecule has 1 saturated carbocycles. The number of amides is 1. The van der Waals surface area contributed by atoms with Crippen molar-refractivity contribution >= 4 is 5.91 Å². The lowest BCUT2D eigenvalue weighted by Gasteiger charge is -2.33. The lowest BCUT2D eigenvalue weighted by atomic mass is 9.97. The summed E-state index contributed by atoms with van der Waals surface area (Å²) in [7, 11) is 0. The van der Waals surface area contributed by atoms with Gasteiger partial charge in [0.25, 0.3) is 5.91 Å². The molecule has 1 saturated heterocycles. The van der Waals surface area contributed by atoms with Gasteiger partial charge in [-0.2, -0.15) is 0 Å². The average molecular weight is 348 g/mol. The first-order chi connectivity index (χ1) is 12.8. The monoisotopic (exact) mass is 348 g/mol. The van der Waals surface area contributed by atoms with Gasteiger partial charge in [-0.25, -0.2) is 0 Å². The number of benzene rings is 2. The van der Waals surface area contributed by atoms with Gasteiger partial charge >= 0.3 is 0 Å². The van der Waals surface area contributed by atoms with Crippen LogP contribution in [0.15, 0.2) is 54.6 Å². The van der Waals surface area contributed by atoms with Crippen LogP contribution in [0.4, 0.5) is 0 Å². The summed E-state index contributed by atoms with van der Waals surface area (Å²) in [5, 5.41) is 3.69. The van der Waals surface area contributed by atoms with Crippen LogP contribution in [0, 0.1) is 5.92 Å². The number of hydrogen-bond acceptors (Lipinski definition) is 2. The number of likely N-dealkylation sites (tertiary alicyclic amines) is 1. The Morgan fingerprint density at radius 3 is 2.35 bits per heavy atom. The Kier molecular flexibility index (Phi) is 5.35. The first-order valence-electron chi connectivity index (χ1n) is 9.94. The number of carbonyl (C=O) groups is 1. The highest BCUT2D eigenvalue weighted by atomic mass is 16.2. The number of carbonyl (C=O) groups excluding carboxylic acids is 1. The third kappa shape index (κ3) is 4.34. The molecule has 0 aromatic heterocycles. The minimum absolute atomic E-state index is 0.192. The molecule has 2 aromatic carbocycles. The van der Waals surface area contributed by atoms with E-state index in [0.29, 0.717) is 6.04 Å². The Balaban J connectivity index is 1.38. The van der Waals surface area contributed by atoms with Crippen LogP contribution in [-0.2, 0) is 6.42 Å². The van der Waals surface area contributed by atoms with E-state index in [-0.39, 0.29) is 5.91 Å². The molecule has 0 atom stereocenters. The van der Waals surface area contributed by atoms with Crippen LogP contribution >= 0.6 is 0 Å². The van der Waals surface area contributed by atoms with Crippen LogP contribution in [0.1, 0.15) is 47.2 Å². The Hall–Kier alpha value is -2.13. The molecule has 3 heteroatoms. The van der Waals surface area contributed by atoms with Gasteiger partial charge in [-0.15, -0.1) is 0 Å². The summed E-state index contributed by atoms with van der Waals surface area (Å²) in [5.41, 5.74) is 3.23. The molecular formula is C23H28N2O. The van der Waals surface area contributed by atoms with Gasteiger partial charge in [0.05, 0.1) is 0 Å². The molecule has 136 valence electrons. The van der Waals surface area contributed by atoms with Gasteiger partial charge in [0, 0.05) is 24.7 Å². The van der Waals surface area contributed by atoms with E-state index in [9.17, 15) is 4.79 Å². The zero-order valence-electron chi connectivity index (χ0n) is 15.4. The summed E-state index contributed by atoms with van der Waals surface area (Å²) in [5.74, 6) is 1.11. The van der Waals surface area contributed by atoms with Crippen LogP contribution in [0.25, 0.3) is 0 Å². The fourth-order valence-electron chi connectivity index (χ4n) is 3.81. The molecule has 0 spiro atoms. The van der Waals surface area contributed by atoms with Gasteiger partial charge in [-0.3, -0.25) is 4.79 Å². The number of nitrogens with zero attached hydrogens (tertiary/aromatic N) is 1. The number of nitrogens with one attached hydrogen (secondary N) is 1. The molecule has 0 radical (unpaired) electrons. The van der Waals surface area contributed by atoms with Crippen molar-refractivity contribution in [2.24, 2.45) is 5.92 Å². The molecule has 2 aliphatic rings. The maximum atomic E-state index is 13.1. The van der Waals surface area contributed by atoms with E-state index in [1.165, 1.54) is 24.9 Å². The van der Waals surface area contributed by atoms with Gasteiger partial charge in [0.1, 0.15) is 0 Å². The summed E-state index contributed by atoms with van der Waals surface area (Å²) in [6.45, 7) is 2.89. The van der Waals surface area contributed by atoms with Crippen LogP contribution < -0.4 is 5.32 Å². The second kappa shape index (κ2) is 8.05. The highest BCUT2D eigenvalue weighted by Crippen LogP contribution is 2.28. The van der Waals surface area contributed by atoms with Crippen molar-refractivity contribution in [2.45, 2.75) is 38.1 Å². The van der Waals surface area contributed by atoms with Crippen LogP contribution in [0.3, 0.4) is 0 Å². The maximum absolute atomic E-state index is 13.1. The van der Waals surface area contributed by atoms with Crippen molar-refractivity contribution in [3.8, 4) is 0 Å². The van der Waals surface area contributed by atoms with Gasteiger partial charge in [0.2, 0.25) is 0 Å². The predicted octanol–water partition coefficient (Wildman–Crippen LogP) is 3.88. The van der Waals surface area contributed by atoms with Crippen molar-refractivity contribution in [2.75, 3.05) is 19.6 Å². The Labute approximate surface area is 156 Å².